The van der Waals surface area contributed by atoms with E-state index in [0.29, 0.717) is 0 Å². The summed E-state index contributed by atoms with van der Waals surface area (Å²) in [6.45, 7) is 0. The molecule has 0 aromatic carbocycles. The minimum Gasteiger partial charge on any atom is -0.545 e. The van der Waals surface area contributed by atoms with Crippen LogP contribution in [0, 0.1) is 0 Å². The molecular formula is C4H3Cl2O2-. The third kappa shape index (κ3) is 5.79. The first-order chi connectivity index (χ1) is 3.63. The fraction of sp³-hybridized carbons (Fsp3) is 0.250. The van der Waals surface area contributed by atoms with Crippen LogP contribution in [0.4, 0.5) is 0 Å². The number of carbonyl (C=O) groups excluding carboxylic acids is 1. The summed E-state index contributed by atoms with van der Waals surface area (Å²) in [5, 5.41) is 9.59. The Labute approximate surface area is 56.7 Å². The standard InChI is InChI=1S/C4H4Cl2O2/c5-3(6)1-2-4(7)8/h1-3H,(H,7,8)/p-1/b2-1+. The predicted octanol–water partition coefficient (Wildman–Crippen LogP) is 0.0962. The first-order valence-electron chi connectivity index (χ1n) is 1.80. The van der Waals surface area contributed by atoms with Crippen LogP contribution in [0.15, 0.2) is 12.2 Å². The Kier molecular flexibility index (Phi) is 3.65. The molecule has 4 heteroatoms. The molecule has 0 heterocycles. The number of carboxylic acids is 1. The number of hydrogen-bond acceptors (Lipinski definition) is 2. The minimum absolute atomic E-state index is 0.770. The number of alkyl halides is 2. The summed E-state index contributed by atoms with van der Waals surface area (Å²) in [5.74, 6) is -1.30. The molecule has 2 nitrogen and oxygen atoms in total. The van der Waals surface area contributed by atoms with Gasteiger partial charge in [0.1, 0.15) is 4.84 Å². The highest BCUT2D eigenvalue weighted by molar-refractivity contribution is 6.45. The van der Waals surface area contributed by atoms with Gasteiger partial charge in [0.2, 0.25) is 0 Å². The van der Waals surface area contributed by atoms with Crippen molar-refractivity contribution in [1.82, 2.24) is 0 Å². The summed E-state index contributed by atoms with van der Waals surface area (Å²) < 4.78 is 0. The highest BCUT2D eigenvalue weighted by Gasteiger charge is 1.86. The topological polar surface area (TPSA) is 40.1 Å². The van der Waals surface area contributed by atoms with Gasteiger partial charge >= 0.3 is 0 Å². The van der Waals surface area contributed by atoms with Crippen molar-refractivity contribution in [2.24, 2.45) is 0 Å². The van der Waals surface area contributed by atoms with Gasteiger partial charge in [-0.2, -0.15) is 0 Å². The van der Waals surface area contributed by atoms with Crippen LogP contribution in [-0.2, 0) is 4.79 Å². The summed E-state index contributed by atoms with van der Waals surface area (Å²) in [7, 11) is 0. The number of carboxylic acid groups (broad SMARTS) is 1. The normalized spacial score (nSPS) is 10.9. The average molecular weight is 154 g/mol. The molecule has 0 fully saturated rings. The lowest BCUT2D eigenvalue weighted by Gasteiger charge is -1.89. The Balaban J connectivity index is 3.50. The largest absolute Gasteiger partial charge is 0.545 e. The van der Waals surface area contributed by atoms with Crippen molar-refractivity contribution in [2.75, 3.05) is 0 Å². The van der Waals surface area contributed by atoms with E-state index in [4.69, 9.17) is 23.2 Å². The SMILES string of the molecule is O=C([O-])/C=C/C(Cl)Cl. The molecule has 0 rings (SSSR count). The molecule has 0 spiro atoms. The Bertz CT molecular complexity index is 109. The van der Waals surface area contributed by atoms with Gasteiger partial charge in [-0.3, -0.25) is 0 Å². The van der Waals surface area contributed by atoms with E-state index in [0.717, 1.165) is 12.2 Å². The Morgan fingerprint density at radius 3 is 2.25 bits per heavy atom. The van der Waals surface area contributed by atoms with E-state index in [2.05, 4.69) is 0 Å². The van der Waals surface area contributed by atoms with Crippen LogP contribution < -0.4 is 5.11 Å². The monoisotopic (exact) mass is 153 g/mol. The van der Waals surface area contributed by atoms with Gasteiger partial charge in [0.05, 0.1) is 5.97 Å². The van der Waals surface area contributed by atoms with E-state index in [-0.39, 0.29) is 0 Å². The molecule has 0 aromatic heterocycles. The molecule has 0 amide bonds. The molecule has 0 atom stereocenters. The molecule has 0 aliphatic carbocycles. The highest BCUT2D eigenvalue weighted by Crippen LogP contribution is 2.01. The molecule has 0 saturated heterocycles. The van der Waals surface area contributed by atoms with E-state index >= 15 is 0 Å². The van der Waals surface area contributed by atoms with Gasteiger partial charge in [0.25, 0.3) is 0 Å². The zero-order chi connectivity index (χ0) is 6.57. The minimum atomic E-state index is -1.30. The lowest BCUT2D eigenvalue weighted by Crippen LogP contribution is -2.18. The van der Waals surface area contributed by atoms with Crippen LogP contribution in [-0.4, -0.2) is 10.8 Å². The Morgan fingerprint density at radius 2 is 2.12 bits per heavy atom. The zero-order valence-electron chi connectivity index (χ0n) is 3.80. The highest BCUT2D eigenvalue weighted by atomic mass is 35.5. The molecule has 8 heavy (non-hydrogen) atoms. The van der Waals surface area contributed by atoms with Gasteiger partial charge in [-0.15, -0.1) is 23.2 Å². The molecule has 0 aliphatic heterocycles. The predicted molar refractivity (Wildman–Crippen MR) is 29.6 cm³/mol. The van der Waals surface area contributed by atoms with Gasteiger partial charge in [-0.25, -0.2) is 0 Å². The third-order valence-electron chi connectivity index (χ3n) is 0.378. The molecule has 0 N–H and O–H groups in total. The third-order valence-corrected chi connectivity index (χ3v) is 0.669. The number of halogens is 2. The summed E-state index contributed by atoms with van der Waals surface area (Å²) in [6.07, 6.45) is 1.89. The van der Waals surface area contributed by atoms with Crippen LogP contribution in [0.3, 0.4) is 0 Å². The number of allylic oxidation sites excluding steroid dienone is 1. The molecule has 0 aliphatic rings. The molecule has 0 bridgehead atoms. The molecule has 0 unspecified atom stereocenters. The van der Waals surface area contributed by atoms with Crippen LogP contribution in [0.25, 0.3) is 0 Å². The van der Waals surface area contributed by atoms with Crippen molar-refractivity contribution in [2.45, 2.75) is 4.84 Å². The smallest absolute Gasteiger partial charge is 0.126 e. The zero-order valence-corrected chi connectivity index (χ0v) is 5.32. The first-order valence-corrected chi connectivity index (χ1v) is 2.67. The van der Waals surface area contributed by atoms with Gasteiger partial charge in [0.15, 0.2) is 0 Å². The van der Waals surface area contributed by atoms with Gasteiger partial charge in [0, 0.05) is 0 Å². The second-order valence-corrected chi connectivity index (χ2v) is 2.18. The summed E-state index contributed by atoms with van der Waals surface area (Å²) in [6, 6.07) is 0. The second kappa shape index (κ2) is 3.75. The van der Waals surface area contributed by atoms with Crippen LogP contribution >= 0.6 is 23.2 Å². The maximum absolute atomic E-state index is 9.59. The maximum atomic E-state index is 9.59. The Hall–Kier alpha value is -0.210. The summed E-state index contributed by atoms with van der Waals surface area (Å²) >= 11 is 10.2. The molecule has 0 saturated carbocycles. The van der Waals surface area contributed by atoms with Crippen LogP contribution in [0.5, 0.6) is 0 Å². The number of hydrogen-bond donors (Lipinski definition) is 0. The average Bonchev–Trinajstić information content (AvgIpc) is 1.61. The maximum Gasteiger partial charge on any atom is 0.126 e. The van der Waals surface area contributed by atoms with Crippen LogP contribution in [0.2, 0.25) is 0 Å². The van der Waals surface area contributed by atoms with E-state index in [9.17, 15) is 9.90 Å². The van der Waals surface area contributed by atoms with E-state index < -0.39 is 10.8 Å². The second-order valence-electron chi connectivity index (χ2n) is 1.01. The lowest BCUT2D eigenvalue weighted by atomic mass is 10.5. The number of aliphatic carboxylic acids is 1. The van der Waals surface area contributed by atoms with Crippen molar-refractivity contribution < 1.29 is 9.90 Å². The summed E-state index contributed by atoms with van der Waals surface area (Å²) in [5.41, 5.74) is 0. The first kappa shape index (κ1) is 7.79. The molecular weight excluding hydrogens is 151 g/mol. The van der Waals surface area contributed by atoms with Crippen molar-refractivity contribution >= 4 is 29.2 Å². The van der Waals surface area contributed by atoms with E-state index in [1.165, 1.54) is 0 Å². The molecule has 0 aromatic rings. The van der Waals surface area contributed by atoms with Crippen molar-refractivity contribution in [3.05, 3.63) is 12.2 Å². The molecule has 0 radical (unpaired) electrons. The molecule has 46 valence electrons. The van der Waals surface area contributed by atoms with Crippen molar-refractivity contribution in [1.29, 1.82) is 0 Å². The van der Waals surface area contributed by atoms with Gasteiger partial charge in [-0.1, -0.05) is 6.08 Å². The van der Waals surface area contributed by atoms with Gasteiger partial charge < -0.3 is 9.90 Å². The van der Waals surface area contributed by atoms with Gasteiger partial charge in [-0.05, 0) is 6.08 Å². The van der Waals surface area contributed by atoms with Crippen molar-refractivity contribution in [3.63, 3.8) is 0 Å². The van der Waals surface area contributed by atoms with E-state index in [1.807, 2.05) is 0 Å². The van der Waals surface area contributed by atoms with Crippen molar-refractivity contribution in [3.8, 4) is 0 Å². The Morgan fingerprint density at radius 1 is 1.62 bits per heavy atom. The lowest BCUT2D eigenvalue weighted by molar-refractivity contribution is -0.297. The quantitative estimate of drug-likeness (QED) is 0.417. The summed E-state index contributed by atoms with van der Waals surface area (Å²) in [4.78, 5) is 8.82. The number of carbonyl (C=O) groups is 1. The fourth-order valence-electron chi connectivity index (χ4n) is 0.151. The number of rotatable bonds is 2. The fourth-order valence-corrected chi connectivity index (χ4v) is 0.297. The van der Waals surface area contributed by atoms with E-state index in [1.54, 1.807) is 0 Å². The van der Waals surface area contributed by atoms with Crippen LogP contribution in [0.1, 0.15) is 0 Å².